The van der Waals surface area contributed by atoms with Gasteiger partial charge < -0.3 is 16.9 Å². The van der Waals surface area contributed by atoms with Gasteiger partial charge in [-0.15, -0.1) is 0 Å². The molecule has 0 aromatic carbocycles. The molecule has 0 atom stereocenters. The first-order valence-electron chi connectivity index (χ1n) is 3.85. The zero-order valence-corrected chi connectivity index (χ0v) is 12.2. The van der Waals surface area contributed by atoms with E-state index in [0.717, 1.165) is 5.69 Å². The molecular formula is C9H10N4SY-2. The van der Waals surface area contributed by atoms with Crippen molar-refractivity contribution >= 4 is 24.3 Å². The third-order valence-electron chi connectivity index (χ3n) is 1.41. The first-order chi connectivity index (χ1) is 6.65. The van der Waals surface area contributed by atoms with Crippen LogP contribution in [0.2, 0.25) is 0 Å². The summed E-state index contributed by atoms with van der Waals surface area (Å²) in [4.78, 5) is 11.6. The van der Waals surface area contributed by atoms with E-state index in [1.165, 1.54) is 11.8 Å². The molecule has 1 radical (unpaired) electrons. The van der Waals surface area contributed by atoms with Crippen molar-refractivity contribution in [3.8, 4) is 0 Å². The number of aromatic nitrogens is 2. The molecule has 0 saturated heterocycles. The summed E-state index contributed by atoms with van der Waals surface area (Å²) in [6.07, 6.45) is 1.90. The summed E-state index contributed by atoms with van der Waals surface area (Å²) in [6, 6.07) is 1.76. The Morgan fingerprint density at radius 1 is 1.53 bits per heavy atom. The molecule has 0 unspecified atom stereocenters. The predicted octanol–water partition coefficient (Wildman–Crippen LogP) is 1.77. The summed E-state index contributed by atoms with van der Waals surface area (Å²) in [7, 11) is 0. The smallest absolute Gasteiger partial charge is 0.189 e. The fraction of sp³-hybridized carbons (Fsp3) is 0.222. The average molecular weight is 295 g/mol. The van der Waals surface area contributed by atoms with Crippen LogP contribution >= 0.6 is 11.8 Å². The van der Waals surface area contributed by atoms with Crippen LogP contribution in [0.15, 0.2) is 22.0 Å². The summed E-state index contributed by atoms with van der Waals surface area (Å²) in [5.74, 6) is 0.712. The average Bonchev–Trinajstić information content (AvgIpc) is 2.16. The van der Waals surface area contributed by atoms with E-state index in [0.29, 0.717) is 11.0 Å². The van der Waals surface area contributed by atoms with Crippen LogP contribution in [0.5, 0.6) is 0 Å². The Morgan fingerprint density at radius 3 is 2.73 bits per heavy atom. The van der Waals surface area contributed by atoms with Crippen LogP contribution in [0.25, 0.3) is 0 Å². The molecule has 1 heterocycles. The van der Waals surface area contributed by atoms with E-state index in [1.807, 2.05) is 13.2 Å². The third kappa shape index (κ3) is 4.86. The molecule has 0 fully saturated rings. The Hall–Kier alpha value is -0.256. The van der Waals surface area contributed by atoms with Crippen LogP contribution in [0.1, 0.15) is 5.69 Å². The van der Waals surface area contributed by atoms with Crippen LogP contribution in [-0.2, 0) is 32.7 Å². The standard InChI is InChI=1S/C9H10N4S.Y/c1-6-5-8(12-7(2)10-3)13-9(11-6)14-4;/h2-3,5H,1,4H3,(H,11,12,13);/q-2;. The molecule has 0 aliphatic carbocycles. The van der Waals surface area contributed by atoms with E-state index in [4.69, 9.17) is 13.3 Å². The molecule has 1 aromatic rings. The van der Waals surface area contributed by atoms with Crippen LogP contribution in [0, 0.1) is 13.5 Å². The normalized spacial score (nSPS) is 8.93. The Bertz CT molecular complexity index is 367. The second-order valence-electron chi connectivity index (χ2n) is 2.52. The van der Waals surface area contributed by atoms with E-state index in [-0.39, 0.29) is 38.5 Å². The predicted molar refractivity (Wildman–Crippen MR) is 58.5 cm³/mol. The third-order valence-corrected chi connectivity index (χ3v) is 1.96. The van der Waals surface area contributed by atoms with Gasteiger partial charge in [0.25, 0.3) is 0 Å². The van der Waals surface area contributed by atoms with Gasteiger partial charge in [-0.1, -0.05) is 11.8 Å². The van der Waals surface area contributed by atoms with E-state index in [1.54, 1.807) is 6.07 Å². The molecule has 77 valence electrons. The minimum atomic E-state index is 0. The Morgan fingerprint density at radius 2 is 2.20 bits per heavy atom. The fourth-order valence-electron chi connectivity index (χ4n) is 0.860. The maximum absolute atomic E-state index is 5.39. The van der Waals surface area contributed by atoms with Gasteiger partial charge >= 0.3 is 0 Å². The van der Waals surface area contributed by atoms with Gasteiger partial charge in [-0.25, -0.2) is 15.8 Å². The Labute approximate surface area is 119 Å². The van der Waals surface area contributed by atoms with Gasteiger partial charge in [-0.3, -0.25) is 0 Å². The first-order valence-corrected chi connectivity index (χ1v) is 5.08. The van der Waals surface area contributed by atoms with Gasteiger partial charge in [0, 0.05) is 44.5 Å². The van der Waals surface area contributed by atoms with Crippen LogP contribution in [-0.4, -0.2) is 22.9 Å². The van der Waals surface area contributed by atoms with E-state index in [9.17, 15) is 0 Å². The zero-order chi connectivity index (χ0) is 10.6. The van der Waals surface area contributed by atoms with Gasteiger partial charge in [-0.05, 0) is 13.2 Å². The summed E-state index contributed by atoms with van der Waals surface area (Å²) < 4.78 is 0. The molecule has 1 aromatic heterocycles. The number of hydrogen-bond acceptors (Lipinski definition) is 5. The van der Waals surface area contributed by atoms with E-state index < -0.39 is 0 Å². The fourth-order valence-corrected chi connectivity index (χ4v) is 1.29. The van der Waals surface area contributed by atoms with Crippen molar-refractivity contribution in [3.05, 3.63) is 24.2 Å². The van der Waals surface area contributed by atoms with Gasteiger partial charge in [0.05, 0.1) is 0 Å². The second-order valence-corrected chi connectivity index (χ2v) is 3.29. The van der Waals surface area contributed by atoms with E-state index in [2.05, 4.69) is 20.3 Å². The summed E-state index contributed by atoms with van der Waals surface area (Å²) >= 11 is 1.46. The molecule has 0 aliphatic heterocycles. The van der Waals surface area contributed by atoms with E-state index >= 15 is 0 Å². The second kappa shape index (κ2) is 7.09. The molecular weight excluding hydrogens is 285 g/mol. The van der Waals surface area contributed by atoms with Crippen molar-refractivity contribution in [2.45, 2.75) is 12.1 Å². The molecule has 1 N–H and O–H groups in total. The molecule has 6 heteroatoms. The number of hydrogen-bond donors (Lipinski definition) is 1. The SMILES string of the molecule is [CH-]=NC(=[CH-])Nc1cc(C)nc(SC)n1.[Y]. The van der Waals surface area contributed by atoms with Crippen LogP contribution < -0.4 is 5.32 Å². The minimum absolute atomic E-state index is 0. The number of nitrogens with one attached hydrogen (secondary N) is 1. The summed E-state index contributed by atoms with van der Waals surface area (Å²) in [5, 5.41) is 3.42. The number of aliphatic imine (C=N–C) groups is 1. The molecule has 0 bridgehead atoms. The minimum Gasteiger partial charge on any atom is -0.577 e. The van der Waals surface area contributed by atoms with Crippen molar-refractivity contribution in [3.63, 3.8) is 0 Å². The molecule has 15 heavy (non-hydrogen) atoms. The maximum Gasteiger partial charge on any atom is 0.189 e. The number of nitrogens with zero attached hydrogens (tertiary/aromatic N) is 3. The molecule has 0 saturated carbocycles. The van der Waals surface area contributed by atoms with Crippen LogP contribution in [0.4, 0.5) is 5.82 Å². The first kappa shape index (κ1) is 14.7. The topological polar surface area (TPSA) is 50.2 Å². The van der Waals surface area contributed by atoms with Gasteiger partial charge in [0.2, 0.25) is 0 Å². The van der Waals surface area contributed by atoms with Crippen molar-refractivity contribution in [2.75, 3.05) is 11.6 Å². The largest absolute Gasteiger partial charge is 0.577 e. The molecule has 4 nitrogen and oxygen atoms in total. The van der Waals surface area contributed by atoms with Gasteiger partial charge in [0.1, 0.15) is 5.82 Å². The number of rotatable bonds is 4. The molecule has 0 amide bonds. The quantitative estimate of drug-likeness (QED) is 0.398. The number of aryl methyl sites for hydroxylation is 1. The Kier molecular flexibility index (Phi) is 6.97. The van der Waals surface area contributed by atoms with Crippen molar-refractivity contribution in [1.29, 1.82) is 0 Å². The van der Waals surface area contributed by atoms with Gasteiger partial charge in [0.15, 0.2) is 5.16 Å². The number of anilines is 1. The summed E-state index contributed by atoms with van der Waals surface area (Å²) in [6.45, 7) is 12.3. The summed E-state index contributed by atoms with van der Waals surface area (Å²) in [5.41, 5.74) is 0.858. The molecule has 0 spiro atoms. The Balaban J connectivity index is 0.00000196. The van der Waals surface area contributed by atoms with Crippen LogP contribution in [0.3, 0.4) is 0 Å². The van der Waals surface area contributed by atoms with Gasteiger partial charge in [-0.2, -0.15) is 6.72 Å². The number of thioether (sulfide) groups is 1. The zero-order valence-electron chi connectivity index (χ0n) is 8.56. The maximum atomic E-state index is 5.39. The van der Waals surface area contributed by atoms with Crippen molar-refractivity contribution in [2.24, 2.45) is 4.99 Å². The molecule has 0 aliphatic rings. The van der Waals surface area contributed by atoms with Crippen molar-refractivity contribution < 1.29 is 32.7 Å². The van der Waals surface area contributed by atoms with Crippen molar-refractivity contribution in [1.82, 2.24) is 9.97 Å². The molecule has 1 rings (SSSR count). The monoisotopic (exact) mass is 295 g/mol.